The van der Waals surface area contributed by atoms with Crippen molar-refractivity contribution in [1.29, 1.82) is 0 Å². The topological polar surface area (TPSA) is 125 Å². The largest absolute Gasteiger partial charge is 0.496 e. The zero-order chi connectivity index (χ0) is 23.9. The summed E-state index contributed by atoms with van der Waals surface area (Å²) in [5.41, 5.74) is 2.37. The first kappa shape index (κ1) is 23.4. The van der Waals surface area contributed by atoms with Gasteiger partial charge in [0.1, 0.15) is 23.0 Å². The lowest BCUT2D eigenvalue weighted by Crippen LogP contribution is -2.34. The first-order valence-electron chi connectivity index (χ1n) is 11.2. The van der Waals surface area contributed by atoms with Crippen molar-refractivity contribution in [3.05, 3.63) is 65.4 Å². The third-order valence-corrected chi connectivity index (χ3v) is 5.81. The molecule has 10 heteroatoms. The van der Waals surface area contributed by atoms with Crippen LogP contribution >= 0.6 is 0 Å². The second kappa shape index (κ2) is 10.9. The summed E-state index contributed by atoms with van der Waals surface area (Å²) < 4.78 is 5.34. The molecular formula is C24H29N7O3. The summed E-state index contributed by atoms with van der Waals surface area (Å²) in [5.74, 6) is 1.92. The Kier molecular flexibility index (Phi) is 7.48. The number of benzene rings is 1. The maximum absolute atomic E-state index is 13.0. The molecule has 2 aromatic heterocycles. The number of aryl methyl sites for hydroxylation is 1. The van der Waals surface area contributed by atoms with Gasteiger partial charge in [0.05, 0.1) is 26.3 Å². The van der Waals surface area contributed by atoms with Gasteiger partial charge in [-0.15, -0.1) is 0 Å². The van der Waals surface area contributed by atoms with E-state index in [0.717, 1.165) is 36.3 Å². The molecular weight excluding hydrogens is 434 g/mol. The molecule has 178 valence electrons. The number of hydrogen-bond acceptors (Lipinski definition) is 9. The number of carbonyl (C=O) groups is 1. The Hall–Kier alpha value is -3.79. The van der Waals surface area contributed by atoms with E-state index in [4.69, 9.17) is 4.74 Å². The third-order valence-electron chi connectivity index (χ3n) is 5.81. The second-order valence-corrected chi connectivity index (χ2v) is 8.11. The number of aromatic nitrogens is 4. The molecule has 1 amide bonds. The van der Waals surface area contributed by atoms with Crippen molar-refractivity contribution in [2.24, 2.45) is 0 Å². The van der Waals surface area contributed by atoms with Crippen LogP contribution in [0.3, 0.4) is 0 Å². The minimum absolute atomic E-state index is 0.0213. The molecule has 1 aliphatic rings. The van der Waals surface area contributed by atoms with E-state index in [2.05, 4.69) is 30.6 Å². The molecule has 1 atom stereocenters. The van der Waals surface area contributed by atoms with Gasteiger partial charge in [-0.1, -0.05) is 12.1 Å². The SMILES string of the molecule is COc1ccc(CNc2nc(N3CCCC3CO)ncc2C(=O)NCc2ncccn2)cc1C. The predicted octanol–water partition coefficient (Wildman–Crippen LogP) is 2.09. The average Bonchev–Trinajstić information content (AvgIpc) is 3.35. The summed E-state index contributed by atoms with van der Waals surface area (Å²) in [6.07, 6.45) is 6.63. The Balaban J connectivity index is 1.56. The zero-order valence-corrected chi connectivity index (χ0v) is 19.4. The van der Waals surface area contributed by atoms with Crippen molar-refractivity contribution >= 4 is 17.7 Å². The predicted molar refractivity (Wildman–Crippen MR) is 128 cm³/mol. The molecule has 1 saturated heterocycles. The highest BCUT2D eigenvalue weighted by molar-refractivity contribution is 5.98. The van der Waals surface area contributed by atoms with E-state index < -0.39 is 0 Å². The van der Waals surface area contributed by atoms with Gasteiger partial charge >= 0.3 is 0 Å². The number of hydrogen-bond donors (Lipinski definition) is 3. The van der Waals surface area contributed by atoms with Crippen molar-refractivity contribution in [1.82, 2.24) is 25.3 Å². The molecule has 10 nitrogen and oxygen atoms in total. The smallest absolute Gasteiger partial charge is 0.256 e. The molecule has 34 heavy (non-hydrogen) atoms. The molecule has 1 aromatic carbocycles. The molecule has 1 unspecified atom stereocenters. The molecule has 3 N–H and O–H groups in total. The molecule has 3 aromatic rings. The summed E-state index contributed by atoms with van der Waals surface area (Å²) in [4.78, 5) is 32.4. The number of ether oxygens (including phenoxy) is 1. The number of nitrogens with one attached hydrogen (secondary N) is 2. The van der Waals surface area contributed by atoms with Crippen molar-refractivity contribution in [2.45, 2.75) is 38.9 Å². The summed E-state index contributed by atoms with van der Waals surface area (Å²) >= 11 is 0. The van der Waals surface area contributed by atoms with Gasteiger partial charge in [0.2, 0.25) is 5.95 Å². The van der Waals surface area contributed by atoms with E-state index in [-0.39, 0.29) is 25.1 Å². The fourth-order valence-electron chi connectivity index (χ4n) is 4.01. The Morgan fingerprint density at radius 1 is 1.24 bits per heavy atom. The van der Waals surface area contributed by atoms with E-state index in [0.29, 0.717) is 29.7 Å². The van der Waals surface area contributed by atoms with Crippen LogP contribution in [0.15, 0.2) is 42.9 Å². The molecule has 4 rings (SSSR count). The lowest BCUT2D eigenvalue weighted by Gasteiger charge is -2.24. The Labute approximate surface area is 198 Å². The zero-order valence-electron chi connectivity index (χ0n) is 19.4. The lowest BCUT2D eigenvalue weighted by atomic mass is 10.1. The van der Waals surface area contributed by atoms with Gasteiger partial charge in [0, 0.05) is 31.7 Å². The number of amides is 1. The van der Waals surface area contributed by atoms with Crippen molar-refractivity contribution in [2.75, 3.05) is 30.5 Å². The van der Waals surface area contributed by atoms with Gasteiger partial charge in [0.15, 0.2) is 0 Å². The summed E-state index contributed by atoms with van der Waals surface area (Å²) in [6.45, 7) is 3.44. The van der Waals surface area contributed by atoms with Crippen LogP contribution < -0.4 is 20.3 Å². The normalized spacial score (nSPS) is 15.3. The number of nitrogens with zero attached hydrogens (tertiary/aromatic N) is 5. The van der Waals surface area contributed by atoms with E-state index in [1.54, 1.807) is 25.6 Å². The quantitative estimate of drug-likeness (QED) is 0.437. The molecule has 0 radical (unpaired) electrons. The monoisotopic (exact) mass is 463 g/mol. The minimum atomic E-state index is -0.326. The standard InChI is InChI=1S/C24H29N7O3/c1-16-11-17(6-7-20(16)34-2)12-27-22-19(23(33)28-14-21-25-8-4-9-26-21)13-29-24(30-22)31-10-3-5-18(31)15-32/h4,6-9,11,13,18,32H,3,5,10,12,14-15H2,1-2H3,(H,28,33)(H,27,29,30). The van der Waals surface area contributed by atoms with Crippen LogP contribution in [-0.2, 0) is 13.1 Å². The van der Waals surface area contributed by atoms with Gasteiger partial charge in [-0.2, -0.15) is 4.98 Å². The Morgan fingerprint density at radius 2 is 2.06 bits per heavy atom. The van der Waals surface area contributed by atoms with E-state index in [1.807, 2.05) is 30.0 Å². The Morgan fingerprint density at radius 3 is 2.79 bits per heavy atom. The second-order valence-electron chi connectivity index (χ2n) is 8.11. The van der Waals surface area contributed by atoms with E-state index in [9.17, 15) is 9.90 Å². The number of anilines is 2. The van der Waals surface area contributed by atoms with Gasteiger partial charge in [-0.05, 0) is 43.0 Å². The molecule has 1 aliphatic heterocycles. The fourth-order valence-corrected chi connectivity index (χ4v) is 4.01. The molecule has 1 fully saturated rings. The highest BCUT2D eigenvalue weighted by Crippen LogP contribution is 2.25. The van der Waals surface area contributed by atoms with Gasteiger partial charge in [-0.3, -0.25) is 4.79 Å². The van der Waals surface area contributed by atoms with Crippen LogP contribution in [0.4, 0.5) is 11.8 Å². The minimum Gasteiger partial charge on any atom is -0.496 e. The first-order chi connectivity index (χ1) is 16.6. The van der Waals surface area contributed by atoms with Crippen LogP contribution in [0.25, 0.3) is 0 Å². The Bertz CT molecular complexity index is 1130. The van der Waals surface area contributed by atoms with Crippen molar-refractivity contribution in [3.8, 4) is 5.75 Å². The summed E-state index contributed by atoms with van der Waals surface area (Å²) in [6, 6.07) is 7.62. The lowest BCUT2D eigenvalue weighted by molar-refractivity contribution is 0.0950. The van der Waals surface area contributed by atoms with Crippen molar-refractivity contribution < 1.29 is 14.6 Å². The maximum atomic E-state index is 13.0. The van der Waals surface area contributed by atoms with Crippen LogP contribution in [0.5, 0.6) is 5.75 Å². The van der Waals surface area contributed by atoms with Crippen LogP contribution in [0.2, 0.25) is 0 Å². The molecule has 0 spiro atoms. The highest BCUT2D eigenvalue weighted by atomic mass is 16.5. The van der Waals surface area contributed by atoms with Gasteiger partial charge in [0.25, 0.3) is 5.91 Å². The van der Waals surface area contributed by atoms with Crippen LogP contribution in [0, 0.1) is 6.92 Å². The third kappa shape index (κ3) is 5.40. The van der Waals surface area contributed by atoms with Gasteiger partial charge in [-0.25, -0.2) is 15.0 Å². The highest BCUT2D eigenvalue weighted by Gasteiger charge is 2.27. The molecule has 0 aliphatic carbocycles. The number of methoxy groups -OCH3 is 1. The summed E-state index contributed by atoms with van der Waals surface area (Å²) in [5, 5.41) is 15.8. The van der Waals surface area contributed by atoms with Crippen LogP contribution in [-0.4, -0.2) is 57.3 Å². The van der Waals surface area contributed by atoms with Crippen molar-refractivity contribution in [3.63, 3.8) is 0 Å². The van der Waals surface area contributed by atoms with E-state index in [1.165, 1.54) is 6.20 Å². The van der Waals surface area contributed by atoms with Crippen LogP contribution in [0.1, 0.15) is 40.2 Å². The summed E-state index contributed by atoms with van der Waals surface area (Å²) in [7, 11) is 1.64. The molecule has 0 saturated carbocycles. The number of aliphatic hydroxyl groups excluding tert-OH is 1. The fraction of sp³-hybridized carbons (Fsp3) is 0.375. The molecule has 0 bridgehead atoms. The maximum Gasteiger partial charge on any atom is 0.256 e. The van der Waals surface area contributed by atoms with Gasteiger partial charge < -0.3 is 25.4 Å². The molecule has 3 heterocycles. The number of rotatable bonds is 9. The first-order valence-corrected chi connectivity index (χ1v) is 11.2. The number of aliphatic hydroxyl groups is 1. The number of carbonyl (C=O) groups excluding carboxylic acids is 1. The average molecular weight is 464 g/mol. The van der Waals surface area contributed by atoms with E-state index >= 15 is 0 Å².